The minimum absolute atomic E-state index is 0.0351. The minimum atomic E-state index is -3.33. The van der Waals surface area contributed by atoms with Gasteiger partial charge in [0, 0.05) is 25.2 Å². The highest BCUT2D eigenvalue weighted by atomic mass is 32.2. The largest absolute Gasteiger partial charge is 0.326 e. The third kappa shape index (κ3) is 3.66. The van der Waals surface area contributed by atoms with Crippen LogP contribution >= 0.6 is 0 Å². The molecule has 0 aromatic carbocycles. The average Bonchev–Trinajstić information content (AvgIpc) is 2.56. The Labute approximate surface area is 110 Å². The third-order valence-electron chi connectivity index (χ3n) is 4.02. The first-order chi connectivity index (χ1) is 8.59. The van der Waals surface area contributed by atoms with Crippen molar-refractivity contribution in [2.45, 2.75) is 63.5 Å². The van der Waals surface area contributed by atoms with Crippen molar-refractivity contribution in [3.63, 3.8) is 0 Å². The fourth-order valence-corrected chi connectivity index (χ4v) is 4.42. The van der Waals surface area contributed by atoms with E-state index in [0.29, 0.717) is 13.1 Å². The minimum Gasteiger partial charge on any atom is -0.326 e. The van der Waals surface area contributed by atoms with E-state index < -0.39 is 10.2 Å². The highest BCUT2D eigenvalue weighted by Crippen LogP contribution is 2.19. The molecule has 0 amide bonds. The highest BCUT2D eigenvalue weighted by Gasteiger charge is 2.29. The van der Waals surface area contributed by atoms with Crippen LogP contribution in [0.4, 0.5) is 0 Å². The summed E-state index contributed by atoms with van der Waals surface area (Å²) in [6.07, 6.45) is 8.21. The number of piperidine rings is 1. The van der Waals surface area contributed by atoms with Crippen molar-refractivity contribution in [1.29, 1.82) is 0 Å². The smallest absolute Gasteiger partial charge is 0.279 e. The molecule has 1 saturated heterocycles. The summed E-state index contributed by atoms with van der Waals surface area (Å²) in [6.45, 7) is 1.30. The Balaban J connectivity index is 1.97. The predicted octanol–water partition coefficient (Wildman–Crippen LogP) is 0.967. The van der Waals surface area contributed by atoms with Crippen molar-refractivity contribution in [3.05, 3.63) is 0 Å². The lowest BCUT2D eigenvalue weighted by atomic mass is 10.1. The fraction of sp³-hybridized carbons (Fsp3) is 1.00. The zero-order valence-electron chi connectivity index (χ0n) is 11.0. The Bertz CT molecular complexity index is 352. The topological polar surface area (TPSA) is 75.4 Å². The van der Waals surface area contributed by atoms with Crippen LogP contribution in [0.5, 0.6) is 0 Å². The zero-order valence-corrected chi connectivity index (χ0v) is 11.8. The summed E-state index contributed by atoms with van der Waals surface area (Å²) in [5, 5.41) is 0. The molecule has 18 heavy (non-hydrogen) atoms. The summed E-state index contributed by atoms with van der Waals surface area (Å²) in [4.78, 5) is 0. The second kappa shape index (κ2) is 6.32. The van der Waals surface area contributed by atoms with Gasteiger partial charge in [0.25, 0.3) is 10.2 Å². The van der Waals surface area contributed by atoms with Crippen molar-refractivity contribution < 1.29 is 8.42 Å². The van der Waals surface area contributed by atoms with Gasteiger partial charge in [-0.05, 0) is 25.7 Å². The molecule has 3 N–H and O–H groups in total. The molecule has 1 heterocycles. The van der Waals surface area contributed by atoms with Crippen LogP contribution < -0.4 is 10.5 Å². The van der Waals surface area contributed by atoms with Gasteiger partial charge in [0.2, 0.25) is 0 Å². The van der Waals surface area contributed by atoms with Gasteiger partial charge in [-0.2, -0.15) is 17.4 Å². The van der Waals surface area contributed by atoms with E-state index in [1.165, 1.54) is 0 Å². The Hall–Kier alpha value is -0.170. The van der Waals surface area contributed by atoms with E-state index in [-0.39, 0.29) is 12.1 Å². The van der Waals surface area contributed by atoms with Gasteiger partial charge in [-0.1, -0.05) is 25.7 Å². The van der Waals surface area contributed by atoms with E-state index in [2.05, 4.69) is 4.72 Å². The van der Waals surface area contributed by atoms with E-state index in [1.807, 2.05) is 0 Å². The molecule has 1 aliphatic heterocycles. The van der Waals surface area contributed by atoms with Gasteiger partial charge in [0.15, 0.2) is 0 Å². The molecule has 5 nitrogen and oxygen atoms in total. The standard InChI is InChI=1S/C12H25N3O2S/c13-11-7-3-1-4-8-12(11)14-18(16,17)15-9-5-2-6-10-15/h11-12,14H,1-10,13H2. The van der Waals surface area contributed by atoms with E-state index >= 15 is 0 Å². The number of rotatable bonds is 3. The van der Waals surface area contributed by atoms with Crippen molar-refractivity contribution in [2.75, 3.05) is 13.1 Å². The van der Waals surface area contributed by atoms with Crippen LogP contribution in [0.2, 0.25) is 0 Å². The van der Waals surface area contributed by atoms with Gasteiger partial charge < -0.3 is 5.73 Å². The molecule has 1 aliphatic carbocycles. The molecule has 2 fully saturated rings. The maximum absolute atomic E-state index is 12.3. The Morgan fingerprint density at radius 1 is 0.944 bits per heavy atom. The Morgan fingerprint density at radius 2 is 1.56 bits per heavy atom. The first-order valence-corrected chi connectivity index (χ1v) is 8.56. The van der Waals surface area contributed by atoms with Gasteiger partial charge in [0.1, 0.15) is 0 Å². The van der Waals surface area contributed by atoms with E-state index in [4.69, 9.17) is 5.73 Å². The van der Waals surface area contributed by atoms with Crippen LogP contribution in [-0.2, 0) is 10.2 Å². The van der Waals surface area contributed by atoms with Gasteiger partial charge in [0.05, 0.1) is 0 Å². The Kier molecular flexibility index (Phi) is 5.00. The molecule has 6 heteroatoms. The summed E-state index contributed by atoms with van der Waals surface area (Å²) < 4.78 is 28.9. The van der Waals surface area contributed by atoms with Crippen molar-refractivity contribution >= 4 is 10.2 Å². The summed E-state index contributed by atoms with van der Waals surface area (Å²) in [7, 11) is -3.33. The summed E-state index contributed by atoms with van der Waals surface area (Å²) in [5.74, 6) is 0. The molecule has 2 aliphatic rings. The van der Waals surface area contributed by atoms with Crippen LogP contribution in [0, 0.1) is 0 Å². The quantitative estimate of drug-likeness (QED) is 0.754. The molecule has 2 rings (SSSR count). The molecule has 2 atom stereocenters. The van der Waals surface area contributed by atoms with Crippen LogP contribution in [0.3, 0.4) is 0 Å². The summed E-state index contributed by atoms with van der Waals surface area (Å²) in [5.41, 5.74) is 6.07. The van der Waals surface area contributed by atoms with Crippen LogP contribution in [0.1, 0.15) is 51.4 Å². The fourth-order valence-electron chi connectivity index (χ4n) is 2.85. The number of nitrogens with two attached hydrogens (primary N) is 1. The number of nitrogens with one attached hydrogen (secondary N) is 1. The monoisotopic (exact) mass is 275 g/mol. The number of nitrogens with zero attached hydrogens (tertiary/aromatic N) is 1. The predicted molar refractivity (Wildman–Crippen MR) is 72.3 cm³/mol. The molecule has 106 valence electrons. The maximum atomic E-state index is 12.3. The lowest BCUT2D eigenvalue weighted by Crippen LogP contribution is -2.52. The van der Waals surface area contributed by atoms with E-state index in [1.54, 1.807) is 4.31 Å². The molecule has 2 unspecified atom stereocenters. The zero-order chi connectivity index (χ0) is 13.0. The van der Waals surface area contributed by atoms with Crippen LogP contribution in [-0.4, -0.2) is 37.9 Å². The van der Waals surface area contributed by atoms with E-state index in [0.717, 1.165) is 51.4 Å². The van der Waals surface area contributed by atoms with Crippen molar-refractivity contribution in [3.8, 4) is 0 Å². The average molecular weight is 275 g/mol. The maximum Gasteiger partial charge on any atom is 0.279 e. The highest BCUT2D eigenvalue weighted by molar-refractivity contribution is 7.87. The second-order valence-corrected chi connectivity index (χ2v) is 7.19. The summed E-state index contributed by atoms with van der Waals surface area (Å²) >= 11 is 0. The lowest BCUT2D eigenvalue weighted by Gasteiger charge is -2.30. The van der Waals surface area contributed by atoms with Gasteiger partial charge >= 0.3 is 0 Å². The second-order valence-electron chi connectivity index (χ2n) is 5.49. The molecular formula is C12H25N3O2S. The molecule has 0 spiro atoms. The summed E-state index contributed by atoms with van der Waals surface area (Å²) in [6, 6.07) is -0.119. The third-order valence-corrected chi connectivity index (χ3v) is 5.67. The lowest BCUT2D eigenvalue weighted by molar-refractivity contribution is 0.333. The molecule has 0 bridgehead atoms. The molecule has 0 aromatic rings. The van der Waals surface area contributed by atoms with Crippen molar-refractivity contribution in [2.24, 2.45) is 5.73 Å². The van der Waals surface area contributed by atoms with Gasteiger partial charge in [-0.15, -0.1) is 0 Å². The van der Waals surface area contributed by atoms with Crippen LogP contribution in [0.15, 0.2) is 0 Å². The number of hydrogen-bond donors (Lipinski definition) is 2. The molecule has 0 aromatic heterocycles. The van der Waals surface area contributed by atoms with E-state index in [9.17, 15) is 8.42 Å². The Morgan fingerprint density at radius 3 is 2.28 bits per heavy atom. The molecule has 0 radical (unpaired) electrons. The number of hydrogen-bond acceptors (Lipinski definition) is 3. The molecular weight excluding hydrogens is 250 g/mol. The first kappa shape index (κ1) is 14.2. The normalized spacial score (nSPS) is 32.1. The van der Waals surface area contributed by atoms with Gasteiger partial charge in [-0.3, -0.25) is 0 Å². The van der Waals surface area contributed by atoms with Crippen LogP contribution in [0.25, 0.3) is 0 Å². The molecule has 1 saturated carbocycles. The first-order valence-electron chi connectivity index (χ1n) is 7.12. The van der Waals surface area contributed by atoms with Crippen molar-refractivity contribution in [1.82, 2.24) is 9.03 Å². The van der Waals surface area contributed by atoms with Gasteiger partial charge in [-0.25, -0.2) is 0 Å². The SMILES string of the molecule is NC1CCCCCC1NS(=O)(=O)N1CCCCC1.